The molecule has 0 radical (unpaired) electrons. The Morgan fingerprint density at radius 3 is 2.32 bits per heavy atom. The molecule has 11 heteroatoms. The summed E-state index contributed by atoms with van der Waals surface area (Å²) in [6.07, 6.45) is -4.04. The fourth-order valence-corrected chi connectivity index (χ4v) is 4.09. The molecule has 3 unspecified atom stereocenters. The second kappa shape index (κ2) is 7.18. The lowest BCUT2D eigenvalue weighted by atomic mass is 10.00. The number of hydrogen-bond acceptors (Lipinski definition) is 6. The lowest BCUT2D eigenvalue weighted by Crippen LogP contribution is -2.44. The van der Waals surface area contributed by atoms with E-state index >= 15 is 0 Å². The molecule has 1 aromatic carbocycles. The van der Waals surface area contributed by atoms with E-state index in [1.807, 2.05) is 0 Å². The minimum atomic E-state index is -4.52. The van der Waals surface area contributed by atoms with Gasteiger partial charge >= 0.3 is 12.1 Å². The minimum absolute atomic E-state index is 0.0432. The molecule has 2 rings (SSSR count). The van der Waals surface area contributed by atoms with Crippen molar-refractivity contribution >= 4 is 21.7 Å². The predicted molar refractivity (Wildman–Crippen MR) is 83.6 cm³/mol. The number of halogens is 3. The summed E-state index contributed by atoms with van der Waals surface area (Å²) in [4.78, 5) is 11.9. The first-order valence-electron chi connectivity index (χ1n) is 7.38. The van der Waals surface area contributed by atoms with Crippen molar-refractivity contribution in [2.45, 2.75) is 30.9 Å². The highest BCUT2D eigenvalue weighted by molar-refractivity contribution is 7.93. The van der Waals surface area contributed by atoms with Crippen molar-refractivity contribution in [3.8, 4) is 0 Å². The minimum Gasteiger partial charge on any atom is -0.469 e. The standard InChI is InChI=1S/C14H18F3N3O4S/c1-3-10-11(13(21)24-2)12(19-18-10)25(22,23)20-9-6-4-8(5-7-9)14(15,16)17/h4-7,10-12,18-20H,3H2,1-2H3. The Hall–Kier alpha value is -1.85. The molecule has 1 aliphatic heterocycles. The van der Waals surface area contributed by atoms with Crippen LogP contribution >= 0.6 is 0 Å². The smallest absolute Gasteiger partial charge is 0.416 e. The normalized spacial score (nSPS) is 24.1. The molecule has 1 heterocycles. The number of carbonyl (C=O) groups is 1. The second-order valence-corrected chi connectivity index (χ2v) is 7.30. The molecule has 7 nitrogen and oxygen atoms in total. The number of anilines is 1. The van der Waals surface area contributed by atoms with Crippen LogP contribution in [0.5, 0.6) is 0 Å². The quantitative estimate of drug-likeness (QED) is 0.668. The number of carbonyl (C=O) groups excluding carboxylic acids is 1. The molecule has 0 saturated carbocycles. The van der Waals surface area contributed by atoms with Gasteiger partial charge in [-0.15, -0.1) is 0 Å². The van der Waals surface area contributed by atoms with Crippen LogP contribution < -0.4 is 15.6 Å². The van der Waals surface area contributed by atoms with Crippen molar-refractivity contribution < 1.29 is 31.1 Å². The topological polar surface area (TPSA) is 96.5 Å². The predicted octanol–water partition coefficient (Wildman–Crippen LogP) is 1.45. The van der Waals surface area contributed by atoms with Gasteiger partial charge in [0.2, 0.25) is 0 Å². The molecular weight excluding hydrogens is 363 g/mol. The van der Waals surface area contributed by atoms with E-state index in [4.69, 9.17) is 0 Å². The fraction of sp³-hybridized carbons (Fsp3) is 0.500. The highest BCUT2D eigenvalue weighted by atomic mass is 32.2. The average Bonchev–Trinajstić information content (AvgIpc) is 2.98. The molecule has 0 amide bonds. The van der Waals surface area contributed by atoms with E-state index in [0.717, 1.165) is 31.4 Å². The second-order valence-electron chi connectivity index (χ2n) is 5.50. The zero-order valence-electron chi connectivity index (χ0n) is 13.4. The zero-order chi connectivity index (χ0) is 18.8. The van der Waals surface area contributed by atoms with Gasteiger partial charge in [-0.1, -0.05) is 6.92 Å². The molecular formula is C14H18F3N3O4S. The van der Waals surface area contributed by atoms with Gasteiger partial charge in [0.05, 0.1) is 12.7 Å². The molecule has 1 aromatic rings. The SMILES string of the molecule is CCC1NNC(S(=O)(=O)Nc2ccc(C(F)(F)F)cc2)C1C(=O)OC. The van der Waals surface area contributed by atoms with Crippen molar-refractivity contribution in [1.82, 2.24) is 10.9 Å². The summed E-state index contributed by atoms with van der Waals surface area (Å²) in [6, 6.07) is 3.09. The maximum Gasteiger partial charge on any atom is 0.416 e. The number of benzene rings is 1. The molecule has 1 aliphatic rings. The van der Waals surface area contributed by atoms with E-state index in [-0.39, 0.29) is 5.69 Å². The Kier molecular flexibility index (Phi) is 5.59. The number of sulfonamides is 1. The van der Waals surface area contributed by atoms with Gasteiger partial charge in [-0.2, -0.15) is 13.2 Å². The number of alkyl halides is 3. The lowest BCUT2D eigenvalue weighted by Gasteiger charge is -2.20. The van der Waals surface area contributed by atoms with Crippen LogP contribution in [0.4, 0.5) is 18.9 Å². The monoisotopic (exact) mass is 381 g/mol. The Bertz CT molecular complexity index is 722. The van der Waals surface area contributed by atoms with Gasteiger partial charge in [-0.3, -0.25) is 14.9 Å². The van der Waals surface area contributed by atoms with E-state index in [9.17, 15) is 26.4 Å². The Morgan fingerprint density at radius 1 is 1.24 bits per heavy atom. The van der Waals surface area contributed by atoms with Crippen molar-refractivity contribution in [3.05, 3.63) is 29.8 Å². The summed E-state index contributed by atoms with van der Waals surface area (Å²) < 4.78 is 69.6. The summed E-state index contributed by atoms with van der Waals surface area (Å²) in [5.41, 5.74) is 4.32. The van der Waals surface area contributed by atoms with Gasteiger partial charge < -0.3 is 4.74 Å². The zero-order valence-corrected chi connectivity index (χ0v) is 14.2. The van der Waals surface area contributed by atoms with E-state index in [1.165, 1.54) is 0 Å². The summed E-state index contributed by atoms with van der Waals surface area (Å²) in [7, 11) is -2.96. The first-order valence-corrected chi connectivity index (χ1v) is 8.92. The van der Waals surface area contributed by atoms with Gasteiger partial charge in [0.15, 0.2) is 5.37 Å². The number of ether oxygens (including phenoxy) is 1. The van der Waals surface area contributed by atoms with Crippen molar-refractivity contribution in [1.29, 1.82) is 0 Å². The number of nitrogens with one attached hydrogen (secondary N) is 3. The lowest BCUT2D eigenvalue weighted by molar-refractivity contribution is -0.145. The summed E-state index contributed by atoms with van der Waals surface area (Å²) in [5.74, 6) is -1.70. The largest absolute Gasteiger partial charge is 0.469 e. The molecule has 3 atom stereocenters. The first-order chi connectivity index (χ1) is 11.6. The number of hydrogen-bond donors (Lipinski definition) is 3. The molecule has 0 spiro atoms. The fourth-order valence-electron chi connectivity index (χ4n) is 2.59. The number of methoxy groups -OCH3 is 1. The van der Waals surface area contributed by atoms with Crippen LogP contribution in [0.25, 0.3) is 0 Å². The molecule has 25 heavy (non-hydrogen) atoms. The highest BCUT2D eigenvalue weighted by Gasteiger charge is 2.47. The van der Waals surface area contributed by atoms with Crippen LogP contribution in [0.15, 0.2) is 24.3 Å². The average molecular weight is 381 g/mol. The maximum absolute atomic E-state index is 12.6. The van der Waals surface area contributed by atoms with Crippen LogP contribution in [0, 0.1) is 5.92 Å². The first kappa shape index (κ1) is 19.5. The highest BCUT2D eigenvalue weighted by Crippen LogP contribution is 2.30. The molecule has 0 aliphatic carbocycles. The Labute approximate surface area is 142 Å². The molecule has 0 bridgehead atoms. The van der Waals surface area contributed by atoms with E-state index in [1.54, 1.807) is 6.92 Å². The number of hydrazine groups is 1. The van der Waals surface area contributed by atoms with Crippen molar-refractivity contribution in [3.63, 3.8) is 0 Å². The molecule has 1 fully saturated rings. The summed E-state index contributed by atoms with van der Waals surface area (Å²) >= 11 is 0. The third-order valence-corrected chi connectivity index (χ3v) is 5.49. The maximum atomic E-state index is 12.6. The van der Waals surface area contributed by atoms with Crippen LogP contribution in [-0.2, 0) is 25.7 Å². The Morgan fingerprint density at radius 2 is 1.84 bits per heavy atom. The molecule has 140 valence electrons. The number of rotatable bonds is 5. The van der Waals surface area contributed by atoms with Crippen LogP contribution in [-0.4, -0.2) is 32.9 Å². The van der Waals surface area contributed by atoms with Crippen molar-refractivity contribution in [2.75, 3.05) is 11.8 Å². The van der Waals surface area contributed by atoms with Crippen LogP contribution in [0.3, 0.4) is 0 Å². The third-order valence-electron chi connectivity index (χ3n) is 3.89. The van der Waals surface area contributed by atoms with Crippen LogP contribution in [0.1, 0.15) is 18.9 Å². The van der Waals surface area contributed by atoms with Gasteiger partial charge in [0.25, 0.3) is 10.0 Å². The summed E-state index contributed by atoms with van der Waals surface area (Å²) in [5, 5.41) is -1.33. The molecule has 1 saturated heterocycles. The Balaban J connectivity index is 2.22. The van der Waals surface area contributed by atoms with E-state index < -0.39 is 45.1 Å². The number of esters is 1. The van der Waals surface area contributed by atoms with E-state index in [0.29, 0.717) is 6.42 Å². The van der Waals surface area contributed by atoms with Gasteiger partial charge in [-0.25, -0.2) is 13.8 Å². The third kappa shape index (κ3) is 4.22. The van der Waals surface area contributed by atoms with E-state index in [2.05, 4.69) is 20.3 Å². The van der Waals surface area contributed by atoms with Crippen molar-refractivity contribution in [2.24, 2.45) is 5.92 Å². The van der Waals surface area contributed by atoms with Crippen LogP contribution in [0.2, 0.25) is 0 Å². The molecule has 0 aromatic heterocycles. The summed E-state index contributed by atoms with van der Waals surface area (Å²) in [6.45, 7) is 1.77. The van der Waals surface area contributed by atoms with Gasteiger partial charge in [0, 0.05) is 11.7 Å². The molecule has 3 N–H and O–H groups in total. The van der Waals surface area contributed by atoms with Gasteiger partial charge in [-0.05, 0) is 30.7 Å². The van der Waals surface area contributed by atoms with Gasteiger partial charge in [0.1, 0.15) is 5.92 Å².